The maximum absolute atomic E-state index is 13.2. The first kappa shape index (κ1) is 7.74. The zero-order valence-electron chi connectivity index (χ0n) is 6.21. The van der Waals surface area contributed by atoms with Crippen LogP contribution in [0.25, 0.3) is 0 Å². The summed E-state index contributed by atoms with van der Waals surface area (Å²) >= 11 is 0. The van der Waals surface area contributed by atoms with Gasteiger partial charge in [0.25, 0.3) is 0 Å². The van der Waals surface area contributed by atoms with Crippen LogP contribution in [0.1, 0.15) is 12.5 Å². The Labute approximate surface area is 65.1 Å². The first-order chi connectivity index (χ1) is 5.17. The number of rotatable bonds is 1. The molecule has 0 saturated heterocycles. The maximum Gasteiger partial charge on any atom is 0.218 e. The fourth-order valence-corrected chi connectivity index (χ4v) is 0.816. The Balaban J connectivity index is 3.05. The van der Waals surface area contributed by atoms with Crippen molar-refractivity contribution in [3.05, 3.63) is 35.9 Å². The Morgan fingerprint density at radius 2 is 1.91 bits per heavy atom. The third kappa shape index (κ3) is 1.56. The van der Waals surface area contributed by atoms with E-state index in [1.54, 1.807) is 36.4 Å². The summed E-state index contributed by atoms with van der Waals surface area (Å²) in [6.45, 7) is 1.25. The number of halogens is 1. The molecule has 0 amide bonds. The van der Waals surface area contributed by atoms with Gasteiger partial charge in [-0.2, -0.15) is 5.26 Å². The van der Waals surface area contributed by atoms with E-state index in [0.29, 0.717) is 5.56 Å². The van der Waals surface area contributed by atoms with Crippen LogP contribution in [0, 0.1) is 11.3 Å². The van der Waals surface area contributed by atoms with E-state index >= 15 is 0 Å². The van der Waals surface area contributed by atoms with E-state index < -0.39 is 5.67 Å². The minimum absolute atomic E-state index is 0.405. The SMILES string of the molecule is C[C@](F)(C#N)c1ccccc1. The van der Waals surface area contributed by atoms with Crippen LogP contribution in [-0.2, 0) is 5.67 Å². The zero-order chi connectivity index (χ0) is 8.32. The lowest BCUT2D eigenvalue weighted by atomic mass is 10.0. The second-order valence-corrected chi connectivity index (χ2v) is 2.48. The van der Waals surface area contributed by atoms with Gasteiger partial charge in [-0.1, -0.05) is 30.3 Å². The van der Waals surface area contributed by atoms with Crippen molar-refractivity contribution in [1.29, 1.82) is 5.26 Å². The fraction of sp³-hybridized carbons (Fsp3) is 0.222. The van der Waals surface area contributed by atoms with E-state index in [9.17, 15) is 4.39 Å². The van der Waals surface area contributed by atoms with E-state index in [0.717, 1.165) is 0 Å². The van der Waals surface area contributed by atoms with E-state index in [4.69, 9.17) is 5.26 Å². The standard InChI is InChI=1S/C9H8FN/c1-9(10,7-11)8-5-3-2-4-6-8/h2-6H,1H3/t9-/m0/s1. The maximum atomic E-state index is 13.2. The molecule has 0 heterocycles. The summed E-state index contributed by atoms with van der Waals surface area (Å²) in [6, 6.07) is 10.0. The van der Waals surface area contributed by atoms with Gasteiger partial charge in [-0.3, -0.25) is 0 Å². The summed E-state index contributed by atoms with van der Waals surface area (Å²) in [5, 5.41) is 8.42. The van der Waals surface area contributed by atoms with Crippen LogP contribution in [-0.4, -0.2) is 0 Å². The van der Waals surface area contributed by atoms with Crippen molar-refractivity contribution in [2.45, 2.75) is 12.6 Å². The number of nitriles is 1. The van der Waals surface area contributed by atoms with Gasteiger partial charge in [0, 0.05) is 5.56 Å². The molecule has 1 aromatic rings. The molecule has 11 heavy (non-hydrogen) atoms. The normalized spacial score (nSPS) is 15.0. The van der Waals surface area contributed by atoms with Gasteiger partial charge in [0.05, 0.1) is 0 Å². The Hall–Kier alpha value is -1.36. The molecule has 0 aliphatic rings. The predicted octanol–water partition coefficient (Wildman–Crippen LogP) is 2.39. The number of benzene rings is 1. The molecule has 0 aliphatic heterocycles. The van der Waals surface area contributed by atoms with Crippen molar-refractivity contribution < 1.29 is 4.39 Å². The topological polar surface area (TPSA) is 23.8 Å². The first-order valence-corrected chi connectivity index (χ1v) is 3.32. The molecule has 56 valence electrons. The lowest BCUT2D eigenvalue weighted by molar-refractivity contribution is 0.274. The van der Waals surface area contributed by atoms with Gasteiger partial charge in [-0.05, 0) is 6.92 Å². The molecule has 0 saturated carbocycles. The second-order valence-electron chi connectivity index (χ2n) is 2.48. The van der Waals surface area contributed by atoms with E-state index in [-0.39, 0.29) is 0 Å². The van der Waals surface area contributed by atoms with Gasteiger partial charge in [-0.15, -0.1) is 0 Å². The summed E-state index contributed by atoms with van der Waals surface area (Å²) in [6.07, 6.45) is 0. The zero-order valence-corrected chi connectivity index (χ0v) is 6.21. The molecule has 1 atom stereocenters. The van der Waals surface area contributed by atoms with Gasteiger partial charge in [0.15, 0.2) is 0 Å². The smallest absolute Gasteiger partial charge is 0.218 e. The van der Waals surface area contributed by atoms with Crippen LogP contribution >= 0.6 is 0 Å². The van der Waals surface area contributed by atoms with Crippen LogP contribution in [0.15, 0.2) is 30.3 Å². The molecular formula is C9H8FN. The van der Waals surface area contributed by atoms with E-state index in [2.05, 4.69) is 0 Å². The quantitative estimate of drug-likeness (QED) is 0.601. The van der Waals surface area contributed by atoms with Gasteiger partial charge in [-0.25, -0.2) is 4.39 Å². The Morgan fingerprint density at radius 1 is 1.36 bits per heavy atom. The summed E-state index contributed by atoms with van der Waals surface area (Å²) in [5.74, 6) is 0. The molecule has 0 N–H and O–H groups in total. The van der Waals surface area contributed by atoms with Gasteiger partial charge >= 0.3 is 0 Å². The molecule has 0 unspecified atom stereocenters. The highest BCUT2D eigenvalue weighted by Gasteiger charge is 2.23. The predicted molar refractivity (Wildman–Crippen MR) is 40.5 cm³/mol. The number of hydrogen-bond acceptors (Lipinski definition) is 1. The van der Waals surface area contributed by atoms with Crippen molar-refractivity contribution in [2.24, 2.45) is 0 Å². The minimum Gasteiger partial charge on any atom is -0.222 e. The van der Waals surface area contributed by atoms with Crippen LogP contribution in [0.5, 0.6) is 0 Å². The van der Waals surface area contributed by atoms with Crippen LogP contribution in [0.4, 0.5) is 4.39 Å². The third-order valence-corrected chi connectivity index (χ3v) is 1.53. The highest BCUT2D eigenvalue weighted by molar-refractivity contribution is 5.27. The Kier molecular flexibility index (Phi) is 1.91. The second kappa shape index (κ2) is 2.71. The molecule has 1 nitrogen and oxygen atoms in total. The van der Waals surface area contributed by atoms with E-state index in [1.807, 2.05) is 0 Å². The molecule has 2 heteroatoms. The summed E-state index contributed by atoms with van der Waals surface area (Å²) < 4.78 is 13.2. The molecule has 1 rings (SSSR count). The fourth-order valence-electron chi connectivity index (χ4n) is 0.816. The largest absolute Gasteiger partial charge is 0.222 e. The molecule has 0 aliphatic carbocycles. The third-order valence-electron chi connectivity index (χ3n) is 1.53. The molecule has 0 aromatic heterocycles. The first-order valence-electron chi connectivity index (χ1n) is 3.32. The molecular weight excluding hydrogens is 141 g/mol. The average molecular weight is 149 g/mol. The van der Waals surface area contributed by atoms with Gasteiger partial charge in [0.2, 0.25) is 5.67 Å². The monoisotopic (exact) mass is 149 g/mol. The molecule has 1 aromatic carbocycles. The average Bonchev–Trinajstić information content (AvgIpc) is 2.06. The van der Waals surface area contributed by atoms with Crippen molar-refractivity contribution in [3.63, 3.8) is 0 Å². The van der Waals surface area contributed by atoms with Gasteiger partial charge < -0.3 is 0 Å². The Morgan fingerprint density at radius 3 is 2.36 bits per heavy atom. The van der Waals surface area contributed by atoms with Crippen molar-refractivity contribution in [3.8, 4) is 6.07 Å². The number of alkyl halides is 1. The molecule has 0 spiro atoms. The van der Waals surface area contributed by atoms with Crippen LogP contribution in [0.2, 0.25) is 0 Å². The highest BCUT2D eigenvalue weighted by Crippen LogP contribution is 2.23. The molecule has 0 fully saturated rings. The summed E-state index contributed by atoms with van der Waals surface area (Å²) in [7, 11) is 0. The van der Waals surface area contributed by atoms with E-state index in [1.165, 1.54) is 6.92 Å². The molecule has 0 radical (unpaired) electrons. The van der Waals surface area contributed by atoms with Crippen molar-refractivity contribution in [1.82, 2.24) is 0 Å². The van der Waals surface area contributed by atoms with Crippen LogP contribution < -0.4 is 0 Å². The van der Waals surface area contributed by atoms with Gasteiger partial charge in [0.1, 0.15) is 6.07 Å². The minimum atomic E-state index is -1.86. The number of hydrogen-bond donors (Lipinski definition) is 0. The number of nitrogens with zero attached hydrogens (tertiary/aromatic N) is 1. The Bertz CT molecular complexity index is 271. The van der Waals surface area contributed by atoms with Crippen molar-refractivity contribution >= 4 is 0 Å². The lowest BCUT2D eigenvalue weighted by Crippen LogP contribution is -2.10. The highest BCUT2D eigenvalue weighted by atomic mass is 19.1. The van der Waals surface area contributed by atoms with Crippen LogP contribution in [0.3, 0.4) is 0 Å². The summed E-state index contributed by atoms with van der Waals surface area (Å²) in [5.41, 5.74) is -1.45. The van der Waals surface area contributed by atoms with Crippen molar-refractivity contribution in [2.75, 3.05) is 0 Å². The summed E-state index contributed by atoms with van der Waals surface area (Å²) in [4.78, 5) is 0. The molecule has 0 bridgehead atoms. The lowest BCUT2D eigenvalue weighted by Gasteiger charge is -2.09.